The lowest BCUT2D eigenvalue weighted by atomic mass is 10.2. The molecule has 0 atom stereocenters. The second-order valence-electron chi connectivity index (χ2n) is 6.76. The monoisotopic (exact) mass is 386 g/mol. The molecule has 8 nitrogen and oxygen atoms in total. The van der Waals surface area contributed by atoms with Crippen LogP contribution < -0.4 is 15.5 Å². The first-order chi connectivity index (χ1) is 12.9. The molecule has 0 saturated carbocycles. The fourth-order valence-corrected chi connectivity index (χ4v) is 3.74. The van der Waals surface area contributed by atoms with Crippen molar-refractivity contribution in [2.24, 2.45) is 5.14 Å². The van der Waals surface area contributed by atoms with Crippen LogP contribution in [-0.4, -0.2) is 56.2 Å². The maximum absolute atomic E-state index is 11.5. The number of benzene rings is 2. The number of imidazole rings is 1. The van der Waals surface area contributed by atoms with E-state index in [1.165, 1.54) is 17.8 Å². The van der Waals surface area contributed by atoms with Gasteiger partial charge in [-0.1, -0.05) is 0 Å². The summed E-state index contributed by atoms with van der Waals surface area (Å²) in [7, 11) is -1.60. The lowest BCUT2D eigenvalue weighted by molar-refractivity contribution is 0.313. The van der Waals surface area contributed by atoms with Crippen LogP contribution in [0.2, 0.25) is 0 Å². The Kier molecular flexibility index (Phi) is 4.50. The van der Waals surface area contributed by atoms with Gasteiger partial charge in [-0.25, -0.2) is 23.2 Å². The number of hydrogen-bond donors (Lipinski definition) is 2. The minimum absolute atomic E-state index is 0.0526. The lowest BCUT2D eigenvalue weighted by Gasteiger charge is -2.34. The minimum Gasteiger partial charge on any atom is -0.369 e. The van der Waals surface area contributed by atoms with Crippen LogP contribution in [0.5, 0.6) is 0 Å². The summed E-state index contributed by atoms with van der Waals surface area (Å²) in [6.07, 6.45) is 1.62. The zero-order chi connectivity index (χ0) is 19.0. The van der Waals surface area contributed by atoms with Crippen LogP contribution in [0.15, 0.2) is 53.7 Å². The molecule has 4 rings (SSSR count). The SMILES string of the molecule is CN1CCN(c2ccc(Nn3cnc4cc(S(N)(=O)=O)ccc43)cc2)CC1. The largest absolute Gasteiger partial charge is 0.369 e. The number of nitrogens with two attached hydrogens (primary N) is 1. The molecular formula is C18H22N6O2S. The molecule has 3 N–H and O–H groups in total. The third kappa shape index (κ3) is 3.75. The summed E-state index contributed by atoms with van der Waals surface area (Å²) in [5, 5.41) is 5.18. The van der Waals surface area contributed by atoms with Crippen LogP contribution >= 0.6 is 0 Å². The number of primary sulfonamides is 1. The molecule has 0 bridgehead atoms. The first kappa shape index (κ1) is 17.8. The van der Waals surface area contributed by atoms with Gasteiger partial charge in [-0.05, 0) is 49.5 Å². The first-order valence-corrected chi connectivity index (χ1v) is 10.3. The third-order valence-corrected chi connectivity index (χ3v) is 5.74. The summed E-state index contributed by atoms with van der Waals surface area (Å²) in [6, 6.07) is 12.9. The Balaban J connectivity index is 1.52. The molecule has 0 unspecified atom stereocenters. The molecule has 1 fully saturated rings. The molecule has 2 aromatic carbocycles. The van der Waals surface area contributed by atoms with E-state index in [1.807, 2.05) is 12.1 Å². The Bertz CT molecular complexity index is 1050. The zero-order valence-corrected chi connectivity index (χ0v) is 15.9. The molecule has 1 aliphatic heterocycles. The third-order valence-electron chi connectivity index (χ3n) is 4.83. The molecule has 0 amide bonds. The second kappa shape index (κ2) is 6.84. The van der Waals surface area contributed by atoms with E-state index in [2.05, 4.69) is 39.4 Å². The van der Waals surface area contributed by atoms with Gasteiger partial charge in [0.25, 0.3) is 0 Å². The van der Waals surface area contributed by atoms with Crippen LogP contribution in [-0.2, 0) is 10.0 Å². The summed E-state index contributed by atoms with van der Waals surface area (Å²) in [4.78, 5) is 9.02. The number of hydrogen-bond acceptors (Lipinski definition) is 6. The molecule has 0 radical (unpaired) electrons. The Morgan fingerprint density at radius 2 is 1.74 bits per heavy atom. The van der Waals surface area contributed by atoms with Crippen LogP contribution in [0.25, 0.3) is 11.0 Å². The predicted octanol–water partition coefficient (Wildman–Crippen LogP) is 1.31. The molecule has 1 aromatic heterocycles. The van der Waals surface area contributed by atoms with Gasteiger partial charge in [0.05, 0.1) is 21.6 Å². The van der Waals surface area contributed by atoms with Crippen molar-refractivity contribution in [3.8, 4) is 0 Å². The number of rotatable bonds is 4. The second-order valence-corrected chi connectivity index (χ2v) is 8.32. The van der Waals surface area contributed by atoms with E-state index in [9.17, 15) is 8.42 Å². The van der Waals surface area contributed by atoms with E-state index in [4.69, 9.17) is 5.14 Å². The molecule has 0 spiro atoms. The molecule has 142 valence electrons. The van der Waals surface area contributed by atoms with Gasteiger partial charge in [-0.2, -0.15) is 0 Å². The average molecular weight is 386 g/mol. The van der Waals surface area contributed by atoms with Gasteiger partial charge >= 0.3 is 0 Å². The number of fused-ring (bicyclic) bond motifs is 1. The van der Waals surface area contributed by atoms with E-state index in [1.54, 1.807) is 17.1 Å². The van der Waals surface area contributed by atoms with Crippen molar-refractivity contribution >= 4 is 32.4 Å². The fraction of sp³-hybridized carbons (Fsp3) is 0.278. The number of nitrogens with zero attached hydrogens (tertiary/aromatic N) is 4. The van der Waals surface area contributed by atoms with E-state index in [0.29, 0.717) is 5.52 Å². The van der Waals surface area contributed by atoms with Crippen molar-refractivity contribution in [2.75, 3.05) is 43.6 Å². The summed E-state index contributed by atoms with van der Waals surface area (Å²) in [6.45, 7) is 4.20. The highest BCUT2D eigenvalue weighted by Gasteiger charge is 2.14. The first-order valence-electron chi connectivity index (χ1n) is 8.71. The molecule has 1 saturated heterocycles. The predicted molar refractivity (Wildman–Crippen MR) is 106 cm³/mol. The smallest absolute Gasteiger partial charge is 0.238 e. The van der Waals surface area contributed by atoms with Crippen molar-refractivity contribution in [1.82, 2.24) is 14.6 Å². The van der Waals surface area contributed by atoms with Gasteiger partial charge in [0, 0.05) is 31.9 Å². The molecule has 3 aromatic rings. The van der Waals surface area contributed by atoms with Gasteiger partial charge in [-0.15, -0.1) is 0 Å². The van der Waals surface area contributed by atoms with Gasteiger partial charge in [0.15, 0.2) is 0 Å². The normalized spacial score (nSPS) is 16.0. The summed E-state index contributed by atoms with van der Waals surface area (Å²) in [5.74, 6) is 0. The van der Waals surface area contributed by atoms with Crippen LogP contribution in [0.4, 0.5) is 11.4 Å². The topological polar surface area (TPSA) is 96.5 Å². The van der Waals surface area contributed by atoms with E-state index in [0.717, 1.165) is 37.4 Å². The van der Waals surface area contributed by atoms with Crippen molar-refractivity contribution in [1.29, 1.82) is 0 Å². The fourth-order valence-electron chi connectivity index (χ4n) is 3.21. The number of piperazine rings is 1. The summed E-state index contributed by atoms with van der Waals surface area (Å²) in [5.41, 5.74) is 6.73. The minimum atomic E-state index is -3.74. The van der Waals surface area contributed by atoms with Crippen LogP contribution in [0.3, 0.4) is 0 Å². The molecule has 9 heteroatoms. The Morgan fingerprint density at radius 1 is 1.04 bits per heavy atom. The Morgan fingerprint density at radius 3 is 2.41 bits per heavy atom. The zero-order valence-electron chi connectivity index (χ0n) is 15.0. The van der Waals surface area contributed by atoms with Crippen molar-refractivity contribution < 1.29 is 8.42 Å². The Labute approximate surface area is 158 Å². The van der Waals surface area contributed by atoms with Crippen molar-refractivity contribution in [2.45, 2.75) is 4.90 Å². The standard InChI is InChI=1S/C18H22N6O2S/c1-22-8-10-23(11-9-22)15-4-2-14(3-5-15)21-24-13-20-17-12-16(27(19,25)26)6-7-18(17)24/h2-7,12-13,21H,8-11H2,1H3,(H2,19,25,26). The van der Waals surface area contributed by atoms with Gasteiger partial charge in [-0.3, -0.25) is 5.43 Å². The number of aromatic nitrogens is 2. The maximum atomic E-state index is 11.5. The van der Waals surface area contributed by atoms with E-state index >= 15 is 0 Å². The van der Waals surface area contributed by atoms with E-state index < -0.39 is 10.0 Å². The molecule has 0 aliphatic carbocycles. The van der Waals surface area contributed by atoms with Crippen molar-refractivity contribution in [3.63, 3.8) is 0 Å². The Hall–Kier alpha value is -2.62. The van der Waals surface area contributed by atoms with Gasteiger partial charge in [0.2, 0.25) is 10.0 Å². The van der Waals surface area contributed by atoms with Crippen molar-refractivity contribution in [3.05, 3.63) is 48.8 Å². The quantitative estimate of drug-likeness (QED) is 0.702. The highest BCUT2D eigenvalue weighted by atomic mass is 32.2. The van der Waals surface area contributed by atoms with Crippen LogP contribution in [0, 0.1) is 0 Å². The highest BCUT2D eigenvalue weighted by molar-refractivity contribution is 7.89. The molecule has 27 heavy (non-hydrogen) atoms. The number of sulfonamides is 1. The summed E-state index contributed by atoms with van der Waals surface area (Å²) < 4.78 is 24.7. The maximum Gasteiger partial charge on any atom is 0.238 e. The number of nitrogens with one attached hydrogen (secondary N) is 1. The van der Waals surface area contributed by atoms with E-state index in [-0.39, 0.29) is 4.90 Å². The lowest BCUT2D eigenvalue weighted by Crippen LogP contribution is -2.44. The molecular weight excluding hydrogens is 364 g/mol. The molecule has 1 aliphatic rings. The summed E-state index contributed by atoms with van der Waals surface area (Å²) >= 11 is 0. The number of likely N-dealkylation sites (N-methyl/N-ethyl adjacent to an activating group) is 1. The van der Waals surface area contributed by atoms with Crippen LogP contribution in [0.1, 0.15) is 0 Å². The number of anilines is 2. The highest BCUT2D eigenvalue weighted by Crippen LogP contribution is 2.21. The van der Waals surface area contributed by atoms with Gasteiger partial charge in [0.1, 0.15) is 6.33 Å². The average Bonchev–Trinajstić information content (AvgIpc) is 3.05. The molecule has 2 heterocycles. The van der Waals surface area contributed by atoms with Gasteiger partial charge < -0.3 is 9.80 Å².